The summed E-state index contributed by atoms with van der Waals surface area (Å²) in [5.74, 6) is 5.58. The maximum Gasteiger partial charge on any atom is 0.265 e. The second-order valence-electron chi connectivity index (χ2n) is 3.69. The van der Waals surface area contributed by atoms with Crippen LogP contribution in [-0.2, 0) is 0 Å². The van der Waals surface area contributed by atoms with Gasteiger partial charge < -0.3 is 5.11 Å². The second kappa shape index (κ2) is 6.69. The van der Waals surface area contributed by atoms with Crippen molar-refractivity contribution in [2.24, 2.45) is 0 Å². The van der Waals surface area contributed by atoms with Crippen LogP contribution in [0.4, 0.5) is 0 Å². The van der Waals surface area contributed by atoms with Crippen LogP contribution >= 0.6 is 0 Å². The van der Waals surface area contributed by atoms with Gasteiger partial charge in [0.15, 0.2) is 0 Å². The molecule has 0 saturated heterocycles. The molecule has 0 aliphatic rings. The fraction of sp³-hybridized carbons (Fsp3) is 0.308. The van der Waals surface area contributed by atoms with Gasteiger partial charge in [-0.05, 0) is 24.3 Å². The molecule has 0 heterocycles. The Balaban J connectivity index is 2.68. The lowest BCUT2D eigenvalue weighted by molar-refractivity contribution is 0.0857. The Morgan fingerprint density at radius 2 is 2.00 bits per heavy atom. The molecule has 90 valence electrons. The van der Waals surface area contributed by atoms with E-state index in [9.17, 15) is 4.79 Å². The fourth-order valence-corrected chi connectivity index (χ4v) is 1.19. The second-order valence-corrected chi connectivity index (χ2v) is 3.69. The highest BCUT2D eigenvalue weighted by Gasteiger charge is 2.04. The first-order valence-corrected chi connectivity index (χ1v) is 5.31. The number of nitrogens with one attached hydrogen (secondary N) is 1. The first-order chi connectivity index (χ1) is 8.13. The molecule has 0 atom stereocenters. The zero-order valence-corrected chi connectivity index (χ0v) is 10.0. The van der Waals surface area contributed by atoms with Crippen molar-refractivity contribution in [2.45, 2.75) is 6.42 Å². The van der Waals surface area contributed by atoms with E-state index in [1.54, 1.807) is 43.4 Å². The predicted octanol–water partition coefficient (Wildman–Crippen LogP) is 0.627. The van der Waals surface area contributed by atoms with Gasteiger partial charge >= 0.3 is 0 Å². The molecule has 1 aromatic carbocycles. The molecule has 1 amide bonds. The van der Waals surface area contributed by atoms with E-state index >= 15 is 0 Å². The number of hydrogen-bond donors (Lipinski definition) is 2. The molecule has 0 spiro atoms. The number of hydrogen-bond acceptors (Lipinski definition) is 3. The summed E-state index contributed by atoms with van der Waals surface area (Å²) in [6.45, 7) is 0.0658. The Bertz CT molecular complexity index is 427. The van der Waals surface area contributed by atoms with Crippen LogP contribution in [0.2, 0.25) is 0 Å². The molecule has 0 fully saturated rings. The zero-order valence-electron chi connectivity index (χ0n) is 10.0. The molecule has 0 unspecified atom stereocenters. The van der Waals surface area contributed by atoms with E-state index in [1.165, 1.54) is 0 Å². The number of hydrazine groups is 1. The van der Waals surface area contributed by atoms with Crippen molar-refractivity contribution in [1.29, 1.82) is 0 Å². The van der Waals surface area contributed by atoms with Gasteiger partial charge in [-0.25, -0.2) is 5.01 Å². The number of rotatable bonds is 3. The topological polar surface area (TPSA) is 52.6 Å². The van der Waals surface area contributed by atoms with Crippen LogP contribution in [0.15, 0.2) is 24.3 Å². The van der Waals surface area contributed by atoms with Crippen molar-refractivity contribution in [2.75, 3.05) is 20.7 Å². The smallest absolute Gasteiger partial charge is 0.265 e. The highest BCUT2D eigenvalue weighted by Crippen LogP contribution is 2.03. The van der Waals surface area contributed by atoms with Crippen LogP contribution < -0.4 is 5.43 Å². The number of aliphatic hydroxyl groups is 1. The van der Waals surface area contributed by atoms with Crippen molar-refractivity contribution < 1.29 is 9.90 Å². The molecule has 0 aliphatic heterocycles. The molecule has 4 nitrogen and oxygen atoms in total. The third kappa shape index (κ3) is 4.68. The van der Waals surface area contributed by atoms with Gasteiger partial charge in [-0.2, -0.15) is 0 Å². The first kappa shape index (κ1) is 13.2. The predicted molar refractivity (Wildman–Crippen MR) is 66.2 cm³/mol. The summed E-state index contributed by atoms with van der Waals surface area (Å²) in [7, 11) is 3.51. The molecule has 1 aromatic rings. The number of carbonyl (C=O) groups excluding carboxylic acids is 1. The summed E-state index contributed by atoms with van der Waals surface area (Å²) in [5, 5.41) is 10.2. The first-order valence-electron chi connectivity index (χ1n) is 5.31. The van der Waals surface area contributed by atoms with Crippen molar-refractivity contribution in [3.8, 4) is 11.8 Å². The van der Waals surface area contributed by atoms with Gasteiger partial charge in [-0.1, -0.05) is 11.8 Å². The van der Waals surface area contributed by atoms with E-state index < -0.39 is 0 Å². The highest BCUT2D eigenvalue weighted by molar-refractivity contribution is 5.93. The number of benzene rings is 1. The minimum atomic E-state index is -0.148. The van der Waals surface area contributed by atoms with Gasteiger partial charge in [0.05, 0.1) is 6.61 Å². The van der Waals surface area contributed by atoms with E-state index in [4.69, 9.17) is 5.11 Å². The number of amides is 1. The van der Waals surface area contributed by atoms with Crippen LogP contribution in [0.5, 0.6) is 0 Å². The molecular formula is C13H16N2O2. The van der Waals surface area contributed by atoms with E-state index in [0.29, 0.717) is 12.0 Å². The number of nitrogens with zero attached hydrogens (tertiary/aromatic N) is 1. The van der Waals surface area contributed by atoms with Crippen LogP contribution in [-0.4, -0.2) is 36.7 Å². The lowest BCUT2D eigenvalue weighted by Gasteiger charge is -2.11. The van der Waals surface area contributed by atoms with Crippen molar-refractivity contribution in [3.05, 3.63) is 35.4 Å². The summed E-state index contributed by atoms with van der Waals surface area (Å²) in [6, 6.07) is 7.02. The Morgan fingerprint density at radius 3 is 2.53 bits per heavy atom. The largest absolute Gasteiger partial charge is 0.395 e. The quantitative estimate of drug-likeness (QED) is 0.593. The highest BCUT2D eigenvalue weighted by atomic mass is 16.2. The lowest BCUT2D eigenvalue weighted by atomic mass is 10.1. The molecule has 0 saturated carbocycles. The van der Waals surface area contributed by atoms with Crippen LogP contribution in [0.3, 0.4) is 0 Å². The molecule has 0 radical (unpaired) electrons. The standard InChI is InChI=1S/C13H16N2O2/c1-15(2)14-13(17)12-8-6-11(7-9-12)5-3-4-10-16/h6-9,16H,4,10H2,1-2H3,(H,14,17). The molecule has 4 heteroatoms. The molecule has 0 aliphatic carbocycles. The summed E-state index contributed by atoms with van der Waals surface area (Å²) in [4.78, 5) is 11.6. The van der Waals surface area contributed by atoms with Crippen LogP contribution in [0.1, 0.15) is 22.3 Å². The molecular weight excluding hydrogens is 216 g/mol. The summed E-state index contributed by atoms with van der Waals surface area (Å²) in [6.07, 6.45) is 0.461. The van der Waals surface area contributed by atoms with Gasteiger partial charge in [0.2, 0.25) is 0 Å². The summed E-state index contributed by atoms with van der Waals surface area (Å²) < 4.78 is 0. The SMILES string of the molecule is CN(C)NC(=O)c1ccc(C#CCCO)cc1. The Kier molecular flexibility index (Phi) is 5.21. The Morgan fingerprint density at radius 1 is 1.35 bits per heavy atom. The van der Waals surface area contributed by atoms with Crippen molar-refractivity contribution in [3.63, 3.8) is 0 Å². The monoisotopic (exact) mass is 232 g/mol. The lowest BCUT2D eigenvalue weighted by Crippen LogP contribution is -2.36. The average molecular weight is 232 g/mol. The Hall–Kier alpha value is -1.83. The minimum Gasteiger partial charge on any atom is -0.395 e. The average Bonchev–Trinajstić information content (AvgIpc) is 2.29. The third-order valence-electron chi connectivity index (χ3n) is 1.94. The van der Waals surface area contributed by atoms with E-state index in [1.807, 2.05) is 0 Å². The van der Waals surface area contributed by atoms with Gasteiger partial charge in [0.1, 0.15) is 0 Å². The van der Waals surface area contributed by atoms with E-state index in [0.717, 1.165) is 5.56 Å². The van der Waals surface area contributed by atoms with E-state index in [-0.39, 0.29) is 12.5 Å². The number of aliphatic hydroxyl groups excluding tert-OH is 1. The molecule has 0 bridgehead atoms. The fourth-order valence-electron chi connectivity index (χ4n) is 1.19. The van der Waals surface area contributed by atoms with Gasteiger partial charge in [0, 0.05) is 31.6 Å². The number of carbonyl (C=O) groups is 1. The maximum absolute atomic E-state index is 11.6. The molecule has 17 heavy (non-hydrogen) atoms. The van der Waals surface area contributed by atoms with Gasteiger partial charge in [0.25, 0.3) is 5.91 Å². The minimum absolute atomic E-state index is 0.0658. The van der Waals surface area contributed by atoms with Gasteiger partial charge in [-0.15, -0.1) is 0 Å². The molecule has 0 aromatic heterocycles. The third-order valence-corrected chi connectivity index (χ3v) is 1.94. The van der Waals surface area contributed by atoms with Crippen LogP contribution in [0.25, 0.3) is 0 Å². The van der Waals surface area contributed by atoms with Gasteiger partial charge in [-0.3, -0.25) is 10.2 Å². The van der Waals surface area contributed by atoms with E-state index in [2.05, 4.69) is 17.3 Å². The summed E-state index contributed by atoms with van der Waals surface area (Å²) >= 11 is 0. The maximum atomic E-state index is 11.6. The van der Waals surface area contributed by atoms with Crippen molar-refractivity contribution >= 4 is 5.91 Å². The summed E-state index contributed by atoms with van der Waals surface area (Å²) in [5.41, 5.74) is 4.08. The Labute approximate surface area is 101 Å². The molecule has 2 N–H and O–H groups in total. The van der Waals surface area contributed by atoms with Crippen molar-refractivity contribution in [1.82, 2.24) is 10.4 Å². The zero-order chi connectivity index (χ0) is 12.7. The molecule has 1 rings (SSSR count). The normalized spacial score (nSPS) is 9.65. The van der Waals surface area contributed by atoms with Crippen LogP contribution in [0, 0.1) is 11.8 Å².